The first kappa shape index (κ1) is 16.6. The molecule has 0 bridgehead atoms. The molecular weight excluding hydrogens is 320 g/mol. The summed E-state index contributed by atoms with van der Waals surface area (Å²) in [6.45, 7) is 4.99. The molecule has 0 aliphatic rings. The first-order valence-corrected chi connectivity index (χ1v) is 9.38. The van der Waals surface area contributed by atoms with Crippen molar-refractivity contribution < 1.29 is 4.74 Å². The van der Waals surface area contributed by atoms with Gasteiger partial charge in [0.2, 0.25) is 0 Å². The average molecular weight is 344 g/mol. The number of rotatable bonds is 6. The summed E-state index contributed by atoms with van der Waals surface area (Å²) < 4.78 is 6.19. The molecule has 132 valence electrons. The second-order valence-electron chi connectivity index (χ2n) is 6.73. The van der Waals surface area contributed by atoms with Crippen LogP contribution in [0.5, 0.6) is 5.75 Å². The molecule has 4 rings (SSSR count). The largest absolute Gasteiger partial charge is 0.488 e. The van der Waals surface area contributed by atoms with E-state index in [1.807, 2.05) is 18.2 Å². The Labute approximate surface area is 154 Å². The van der Waals surface area contributed by atoms with Gasteiger partial charge in [-0.05, 0) is 18.4 Å². The molecule has 0 unspecified atom stereocenters. The molecule has 1 heterocycles. The molecule has 0 amide bonds. The van der Waals surface area contributed by atoms with Crippen LogP contribution in [-0.2, 0) is 6.61 Å². The summed E-state index contributed by atoms with van der Waals surface area (Å²) in [5, 5.41) is 2.25. The van der Waals surface area contributed by atoms with Gasteiger partial charge in [-0.2, -0.15) is 0 Å². The van der Waals surface area contributed by atoms with Crippen molar-refractivity contribution in [3.05, 3.63) is 72.1 Å². The van der Waals surface area contributed by atoms with E-state index < -0.39 is 0 Å². The topological polar surface area (TPSA) is 37.9 Å². The van der Waals surface area contributed by atoms with Crippen LogP contribution in [0.2, 0.25) is 0 Å². The minimum absolute atomic E-state index is 0.467. The van der Waals surface area contributed by atoms with Gasteiger partial charge in [0.25, 0.3) is 0 Å². The summed E-state index contributed by atoms with van der Waals surface area (Å²) in [6, 6.07) is 20.7. The Balaban J connectivity index is 1.79. The Kier molecular flexibility index (Phi) is 4.61. The van der Waals surface area contributed by atoms with Crippen molar-refractivity contribution in [1.82, 2.24) is 9.97 Å². The normalized spacial score (nSPS) is 11.5. The van der Waals surface area contributed by atoms with Gasteiger partial charge in [-0.25, -0.2) is 4.98 Å². The van der Waals surface area contributed by atoms with Crippen molar-refractivity contribution in [1.29, 1.82) is 0 Å². The predicted molar refractivity (Wildman–Crippen MR) is 108 cm³/mol. The fourth-order valence-corrected chi connectivity index (χ4v) is 3.55. The Hall–Kier alpha value is -2.81. The van der Waals surface area contributed by atoms with Crippen LogP contribution >= 0.6 is 0 Å². The minimum Gasteiger partial charge on any atom is -0.488 e. The molecule has 0 radical (unpaired) electrons. The van der Waals surface area contributed by atoms with E-state index >= 15 is 0 Å². The lowest BCUT2D eigenvalue weighted by Gasteiger charge is -2.10. The lowest BCUT2D eigenvalue weighted by atomic mass is 10.0. The molecule has 4 aromatic rings. The molecular formula is C23H24N2O. The van der Waals surface area contributed by atoms with Gasteiger partial charge in [-0.1, -0.05) is 68.4 Å². The molecule has 1 N–H and O–H groups in total. The van der Waals surface area contributed by atoms with Crippen molar-refractivity contribution in [2.45, 2.75) is 39.2 Å². The number of nitrogens with zero attached hydrogens (tertiary/aromatic N) is 1. The number of benzene rings is 3. The van der Waals surface area contributed by atoms with Crippen LogP contribution < -0.4 is 4.74 Å². The van der Waals surface area contributed by atoms with E-state index in [1.54, 1.807) is 0 Å². The second kappa shape index (κ2) is 7.20. The zero-order valence-corrected chi connectivity index (χ0v) is 15.3. The standard InChI is InChI=1S/C23H24N2O/c1-3-17(4-2)23-24-20-14-21(26-15-16-10-6-5-7-11-16)18-12-8-9-13-19(18)22(20)25-23/h5-14,17H,3-4,15H2,1-2H3,(H,24,25). The Bertz CT molecular complexity index is 1020. The summed E-state index contributed by atoms with van der Waals surface area (Å²) in [4.78, 5) is 8.47. The van der Waals surface area contributed by atoms with Crippen molar-refractivity contribution in [3.8, 4) is 5.75 Å². The average Bonchev–Trinajstić information content (AvgIpc) is 3.12. The summed E-state index contributed by atoms with van der Waals surface area (Å²) in [5.74, 6) is 2.45. The first-order chi connectivity index (χ1) is 12.8. The third-order valence-electron chi connectivity index (χ3n) is 5.08. The van der Waals surface area contributed by atoms with E-state index in [9.17, 15) is 0 Å². The van der Waals surface area contributed by atoms with E-state index in [-0.39, 0.29) is 0 Å². The van der Waals surface area contributed by atoms with Gasteiger partial charge in [-0.3, -0.25) is 0 Å². The maximum atomic E-state index is 6.19. The van der Waals surface area contributed by atoms with Gasteiger partial charge >= 0.3 is 0 Å². The van der Waals surface area contributed by atoms with Crippen molar-refractivity contribution in [3.63, 3.8) is 0 Å². The molecule has 0 fully saturated rings. The summed E-state index contributed by atoms with van der Waals surface area (Å²) in [7, 11) is 0. The highest BCUT2D eigenvalue weighted by molar-refractivity contribution is 6.07. The van der Waals surface area contributed by atoms with E-state index in [0.717, 1.165) is 46.2 Å². The number of hydrogen-bond donors (Lipinski definition) is 1. The maximum absolute atomic E-state index is 6.19. The Morgan fingerprint density at radius 2 is 1.62 bits per heavy atom. The number of fused-ring (bicyclic) bond motifs is 3. The number of ether oxygens (including phenoxy) is 1. The zero-order valence-electron chi connectivity index (χ0n) is 15.3. The number of hydrogen-bond acceptors (Lipinski definition) is 2. The molecule has 0 aliphatic carbocycles. The highest BCUT2D eigenvalue weighted by Gasteiger charge is 2.16. The summed E-state index contributed by atoms with van der Waals surface area (Å²) >= 11 is 0. The molecule has 3 nitrogen and oxygen atoms in total. The molecule has 3 aromatic carbocycles. The van der Waals surface area contributed by atoms with Crippen LogP contribution in [0.15, 0.2) is 60.7 Å². The number of H-pyrrole nitrogens is 1. The number of nitrogens with one attached hydrogen (secondary N) is 1. The van der Waals surface area contributed by atoms with E-state index in [2.05, 4.69) is 61.3 Å². The van der Waals surface area contributed by atoms with Crippen LogP contribution in [0.3, 0.4) is 0 Å². The van der Waals surface area contributed by atoms with Crippen LogP contribution in [0.25, 0.3) is 21.8 Å². The van der Waals surface area contributed by atoms with Gasteiger partial charge in [0.15, 0.2) is 0 Å². The third kappa shape index (κ3) is 3.05. The summed E-state index contributed by atoms with van der Waals surface area (Å²) in [5.41, 5.74) is 3.25. The van der Waals surface area contributed by atoms with Crippen LogP contribution in [0.1, 0.15) is 44.0 Å². The van der Waals surface area contributed by atoms with Gasteiger partial charge in [0, 0.05) is 22.8 Å². The zero-order chi connectivity index (χ0) is 17.9. The fourth-order valence-electron chi connectivity index (χ4n) is 3.55. The minimum atomic E-state index is 0.467. The van der Waals surface area contributed by atoms with Gasteiger partial charge in [-0.15, -0.1) is 0 Å². The van der Waals surface area contributed by atoms with Gasteiger partial charge in [0.1, 0.15) is 18.2 Å². The number of aromatic amines is 1. The molecule has 0 atom stereocenters. The molecule has 0 saturated carbocycles. The van der Waals surface area contributed by atoms with Gasteiger partial charge < -0.3 is 9.72 Å². The van der Waals surface area contributed by atoms with Crippen molar-refractivity contribution >= 4 is 21.8 Å². The quantitative estimate of drug-likeness (QED) is 0.452. The van der Waals surface area contributed by atoms with E-state index in [4.69, 9.17) is 9.72 Å². The highest BCUT2D eigenvalue weighted by atomic mass is 16.5. The van der Waals surface area contributed by atoms with Gasteiger partial charge in [0.05, 0.1) is 11.0 Å². The number of imidazole rings is 1. The SMILES string of the molecule is CCC(CC)c1nc2c(cc(OCc3ccccc3)c3ccccc32)[nH]1. The smallest absolute Gasteiger partial charge is 0.129 e. The monoisotopic (exact) mass is 344 g/mol. The Morgan fingerprint density at radius 1 is 0.923 bits per heavy atom. The molecule has 0 aliphatic heterocycles. The third-order valence-corrected chi connectivity index (χ3v) is 5.08. The second-order valence-corrected chi connectivity index (χ2v) is 6.73. The van der Waals surface area contributed by atoms with E-state index in [0.29, 0.717) is 12.5 Å². The lowest BCUT2D eigenvalue weighted by molar-refractivity contribution is 0.310. The molecule has 26 heavy (non-hydrogen) atoms. The van der Waals surface area contributed by atoms with Crippen LogP contribution in [0.4, 0.5) is 0 Å². The highest BCUT2D eigenvalue weighted by Crippen LogP contribution is 2.34. The van der Waals surface area contributed by atoms with E-state index in [1.165, 1.54) is 5.56 Å². The Morgan fingerprint density at radius 3 is 2.35 bits per heavy atom. The number of aromatic nitrogens is 2. The summed E-state index contributed by atoms with van der Waals surface area (Å²) in [6.07, 6.45) is 2.18. The first-order valence-electron chi connectivity index (χ1n) is 9.38. The van der Waals surface area contributed by atoms with Crippen LogP contribution in [-0.4, -0.2) is 9.97 Å². The molecule has 0 saturated heterocycles. The van der Waals surface area contributed by atoms with Crippen molar-refractivity contribution in [2.24, 2.45) is 0 Å². The van der Waals surface area contributed by atoms with Crippen LogP contribution in [0, 0.1) is 0 Å². The molecule has 0 spiro atoms. The predicted octanol–water partition coefficient (Wildman–Crippen LogP) is 6.20. The maximum Gasteiger partial charge on any atom is 0.129 e. The fraction of sp³-hybridized carbons (Fsp3) is 0.261. The lowest BCUT2D eigenvalue weighted by Crippen LogP contribution is -1.97. The molecule has 3 heteroatoms. The molecule has 1 aromatic heterocycles. The van der Waals surface area contributed by atoms with Crippen molar-refractivity contribution in [2.75, 3.05) is 0 Å².